The Labute approximate surface area is 108 Å². The molecule has 5 heteroatoms. The van der Waals surface area contributed by atoms with E-state index in [1.54, 1.807) is 5.38 Å². The molecule has 0 saturated heterocycles. The predicted octanol–water partition coefficient (Wildman–Crippen LogP) is 2.48. The van der Waals surface area contributed by atoms with E-state index in [1.165, 1.54) is 11.5 Å². The molecule has 3 aromatic rings. The van der Waals surface area contributed by atoms with E-state index in [0.717, 1.165) is 22.2 Å². The van der Waals surface area contributed by atoms with Gasteiger partial charge in [0.1, 0.15) is 11.8 Å². The lowest BCUT2D eigenvalue weighted by atomic mass is 10.0. The standard InChI is InChI=1S/C13H11N3OS/c1-8-2-3-9-6-10(4-5-11(9)14-8)13(17)12-7-18-16-15-12/h2-7,13,17H,1H3. The number of hydrogen-bond acceptors (Lipinski definition) is 5. The van der Waals surface area contributed by atoms with E-state index in [2.05, 4.69) is 14.6 Å². The van der Waals surface area contributed by atoms with Gasteiger partial charge in [-0.25, -0.2) is 0 Å². The summed E-state index contributed by atoms with van der Waals surface area (Å²) in [5.41, 5.74) is 3.31. The lowest BCUT2D eigenvalue weighted by Crippen LogP contribution is -2.00. The van der Waals surface area contributed by atoms with Crippen molar-refractivity contribution in [3.63, 3.8) is 0 Å². The molecule has 1 N–H and O–H groups in total. The predicted molar refractivity (Wildman–Crippen MR) is 70.5 cm³/mol. The summed E-state index contributed by atoms with van der Waals surface area (Å²) < 4.78 is 3.76. The molecule has 3 rings (SSSR count). The van der Waals surface area contributed by atoms with Crippen molar-refractivity contribution in [1.29, 1.82) is 0 Å². The largest absolute Gasteiger partial charge is 0.382 e. The third kappa shape index (κ3) is 1.98. The summed E-state index contributed by atoms with van der Waals surface area (Å²) in [6.07, 6.45) is -0.727. The Hall–Kier alpha value is -1.85. The van der Waals surface area contributed by atoms with Gasteiger partial charge in [0.25, 0.3) is 0 Å². The molecular formula is C13H11N3OS. The number of nitrogens with zero attached hydrogens (tertiary/aromatic N) is 3. The van der Waals surface area contributed by atoms with Gasteiger partial charge in [-0.2, -0.15) is 0 Å². The number of aromatic nitrogens is 3. The summed E-state index contributed by atoms with van der Waals surface area (Å²) in [6.45, 7) is 1.96. The molecule has 1 atom stereocenters. The molecule has 0 bridgehead atoms. The quantitative estimate of drug-likeness (QED) is 0.766. The third-order valence-corrected chi connectivity index (χ3v) is 3.35. The zero-order chi connectivity index (χ0) is 12.5. The van der Waals surface area contributed by atoms with Gasteiger partial charge in [-0.05, 0) is 42.2 Å². The molecule has 0 fully saturated rings. The molecule has 18 heavy (non-hydrogen) atoms. The van der Waals surface area contributed by atoms with E-state index in [-0.39, 0.29) is 0 Å². The second-order valence-corrected chi connectivity index (χ2v) is 4.75. The number of fused-ring (bicyclic) bond motifs is 1. The van der Waals surface area contributed by atoms with E-state index < -0.39 is 6.10 Å². The minimum absolute atomic E-state index is 0.583. The summed E-state index contributed by atoms with van der Waals surface area (Å²) in [6, 6.07) is 9.70. The van der Waals surface area contributed by atoms with Crippen LogP contribution >= 0.6 is 11.5 Å². The van der Waals surface area contributed by atoms with E-state index in [0.29, 0.717) is 5.69 Å². The zero-order valence-corrected chi connectivity index (χ0v) is 10.6. The highest BCUT2D eigenvalue weighted by Crippen LogP contribution is 2.24. The molecule has 0 aliphatic rings. The van der Waals surface area contributed by atoms with Gasteiger partial charge in [0.05, 0.1) is 5.52 Å². The Kier molecular flexibility index (Phi) is 2.77. The first-order valence-electron chi connectivity index (χ1n) is 5.56. The van der Waals surface area contributed by atoms with Gasteiger partial charge in [-0.3, -0.25) is 4.98 Å². The molecule has 0 saturated carbocycles. The second-order valence-electron chi connectivity index (χ2n) is 4.14. The van der Waals surface area contributed by atoms with Gasteiger partial charge in [-0.1, -0.05) is 16.6 Å². The highest BCUT2D eigenvalue weighted by Gasteiger charge is 2.13. The number of rotatable bonds is 2. The lowest BCUT2D eigenvalue weighted by molar-refractivity contribution is 0.215. The third-order valence-electron chi connectivity index (χ3n) is 2.83. The van der Waals surface area contributed by atoms with E-state index >= 15 is 0 Å². The van der Waals surface area contributed by atoms with E-state index in [4.69, 9.17) is 0 Å². The van der Waals surface area contributed by atoms with Crippen LogP contribution in [0.25, 0.3) is 10.9 Å². The van der Waals surface area contributed by atoms with Crippen molar-refractivity contribution in [2.24, 2.45) is 0 Å². The SMILES string of the molecule is Cc1ccc2cc(C(O)c3csnn3)ccc2n1. The van der Waals surface area contributed by atoms with Crippen molar-refractivity contribution < 1.29 is 5.11 Å². The molecule has 1 unspecified atom stereocenters. The maximum atomic E-state index is 10.2. The molecule has 0 aliphatic heterocycles. The summed E-state index contributed by atoms with van der Waals surface area (Å²) in [5, 5.41) is 16.8. The number of aliphatic hydroxyl groups is 1. The van der Waals surface area contributed by atoms with Gasteiger partial charge >= 0.3 is 0 Å². The smallest absolute Gasteiger partial charge is 0.124 e. The van der Waals surface area contributed by atoms with Crippen molar-refractivity contribution in [1.82, 2.24) is 14.6 Å². The summed E-state index contributed by atoms with van der Waals surface area (Å²) in [5.74, 6) is 0. The van der Waals surface area contributed by atoms with E-state index in [1.807, 2.05) is 37.3 Å². The number of benzene rings is 1. The molecule has 0 spiro atoms. The second kappa shape index (κ2) is 4.44. The van der Waals surface area contributed by atoms with Crippen LogP contribution in [0.15, 0.2) is 35.7 Å². The molecule has 0 radical (unpaired) electrons. The molecule has 90 valence electrons. The fourth-order valence-electron chi connectivity index (χ4n) is 1.88. The minimum atomic E-state index is -0.727. The van der Waals surface area contributed by atoms with Gasteiger partial charge in [0, 0.05) is 16.5 Å². The van der Waals surface area contributed by atoms with Crippen molar-refractivity contribution in [3.05, 3.63) is 52.7 Å². The van der Waals surface area contributed by atoms with Gasteiger partial charge in [-0.15, -0.1) is 5.10 Å². The fourth-order valence-corrected chi connectivity index (χ4v) is 2.35. The average molecular weight is 257 g/mol. The van der Waals surface area contributed by atoms with Crippen molar-refractivity contribution >= 4 is 22.4 Å². The van der Waals surface area contributed by atoms with Crippen LogP contribution in [0.4, 0.5) is 0 Å². The molecule has 2 heterocycles. The summed E-state index contributed by atoms with van der Waals surface area (Å²) in [7, 11) is 0. The summed E-state index contributed by atoms with van der Waals surface area (Å²) >= 11 is 1.23. The maximum absolute atomic E-state index is 10.2. The zero-order valence-electron chi connectivity index (χ0n) is 9.74. The van der Waals surface area contributed by atoms with Gasteiger partial charge in [0.2, 0.25) is 0 Å². The van der Waals surface area contributed by atoms with Crippen LogP contribution in [-0.4, -0.2) is 19.7 Å². The number of pyridine rings is 1. The average Bonchev–Trinajstić information content (AvgIpc) is 2.91. The van der Waals surface area contributed by atoms with Crippen molar-refractivity contribution in [2.75, 3.05) is 0 Å². The van der Waals surface area contributed by atoms with Crippen molar-refractivity contribution in [3.8, 4) is 0 Å². The molecular weight excluding hydrogens is 246 g/mol. The van der Waals surface area contributed by atoms with Crippen LogP contribution in [0.2, 0.25) is 0 Å². The van der Waals surface area contributed by atoms with Crippen LogP contribution in [0.5, 0.6) is 0 Å². The summed E-state index contributed by atoms with van der Waals surface area (Å²) in [4.78, 5) is 4.43. The van der Waals surface area contributed by atoms with Gasteiger partial charge < -0.3 is 5.11 Å². The Bertz CT molecular complexity index is 682. The highest BCUT2D eigenvalue weighted by molar-refractivity contribution is 7.03. The Morgan fingerprint density at radius 1 is 1.22 bits per heavy atom. The van der Waals surface area contributed by atoms with Crippen LogP contribution in [0.3, 0.4) is 0 Å². The van der Waals surface area contributed by atoms with Crippen LogP contribution in [0, 0.1) is 6.92 Å². The van der Waals surface area contributed by atoms with Crippen LogP contribution in [-0.2, 0) is 0 Å². The van der Waals surface area contributed by atoms with Crippen LogP contribution < -0.4 is 0 Å². The molecule has 1 aromatic carbocycles. The van der Waals surface area contributed by atoms with Gasteiger partial charge in [0.15, 0.2) is 0 Å². The number of hydrogen-bond donors (Lipinski definition) is 1. The Morgan fingerprint density at radius 2 is 2.11 bits per heavy atom. The van der Waals surface area contributed by atoms with Crippen molar-refractivity contribution in [2.45, 2.75) is 13.0 Å². The molecule has 2 aromatic heterocycles. The first kappa shape index (κ1) is 11.3. The normalized spacial score (nSPS) is 12.8. The molecule has 0 aliphatic carbocycles. The first-order chi connectivity index (χ1) is 8.74. The maximum Gasteiger partial charge on any atom is 0.124 e. The fraction of sp³-hybridized carbons (Fsp3) is 0.154. The Morgan fingerprint density at radius 3 is 2.89 bits per heavy atom. The highest BCUT2D eigenvalue weighted by atomic mass is 32.1. The number of aryl methyl sites for hydroxylation is 1. The lowest BCUT2D eigenvalue weighted by Gasteiger charge is -2.08. The molecule has 0 amide bonds. The first-order valence-corrected chi connectivity index (χ1v) is 6.40. The van der Waals surface area contributed by atoms with E-state index in [9.17, 15) is 5.11 Å². The number of aliphatic hydroxyl groups excluding tert-OH is 1. The minimum Gasteiger partial charge on any atom is -0.382 e. The topological polar surface area (TPSA) is 58.9 Å². The van der Waals surface area contributed by atoms with Crippen LogP contribution in [0.1, 0.15) is 23.1 Å². The monoisotopic (exact) mass is 257 g/mol. The Balaban J connectivity index is 2.06. The molecule has 4 nitrogen and oxygen atoms in total.